The fraction of sp³-hybridized carbons (Fsp3) is 0.960. The molecule has 20 N–H and O–H groups in total. The minimum Gasteiger partial charge on any atom is -0.394 e. The summed E-state index contributed by atoms with van der Waals surface area (Å²) in [7, 11) is 0. The van der Waals surface area contributed by atoms with Gasteiger partial charge in [0.15, 0.2) is 0 Å². The molecule has 0 aliphatic carbocycles. The quantitative estimate of drug-likeness (QED) is 0.0441. The number of aliphatic hydroxyl groups is 20. The van der Waals surface area contributed by atoms with Gasteiger partial charge in [-0.05, 0) is 0 Å². The zero-order chi connectivity index (χ0) is 37.6. The van der Waals surface area contributed by atoms with Crippen LogP contribution in [-0.2, 0) is 0 Å². The molecule has 0 heterocycles. The predicted octanol–water partition coefficient (Wildman–Crippen LogP) is -12.5. The van der Waals surface area contributed by atoms with Crippen molar-refractivity contribution < 1.29 is 107 Å². The molecular formula is C25H52N2O21. The van der Waals surface area contributed by atoms with Crippen molar-refractivity contribution in [1.29, 1.82) is 0 Å². The number of amides is 2. The van der Waals surface area contributed by atoms with E-state index in [2.05, 4.69) is 0 Å². The molecule has 2 amide bonds. The molecule has 48 heavy (non-hydrogen) atoms. The van der Waals surface area contributed by atoms with E-state index < -0.39 is 156 Å². The number of hydrogen-bond donors (Lipinski definition) is 20. The summed E-state index contributed by atoms with van der Waals surface area (Å²) in [6, 6.07) is -1.56. The summed E-state index contributed by atoms with van der Waals surface area (Å²) < 4.78 is 0. The van der Waals surface area contributed by atoms with Crippen molar-refractivity contribution >= 4 is 6.03 Å². The van der Waals surface area contributed by atoms with E-state index in [0.717, 1.165) is 0 Å². The number of hydrogen-bond acceptors (Lipinski definition) is 21. The van der Waals surface area contributed by atoms with Gasteiger partial charge in [0.1, 0.15) is 97.7 Å². The molecule has 0 aliphatic rings. The van der Waals surface area contributed by atoms with Crippen molar-refractivity contribution in [3.8, 4) is 0 Å². The molecule has 0 radical (unpaired) electrons. The van der Waals surface area contributed by atoms with Crippen LogP contribution in [0.2, 0.25) is 0 Å². The van der Waals surface area contributed by atoms with Gasteiger partial charge in [-0.3, -0.25) is 0 Å². The van der Waals surface area contributed by atoms with Crippen LogP contribution in [0.5, 0.6) is 0 Å². The molecule has 0 fully saturated rings. The Balaban J connectivity index is 6.71. The summed E-state index contributed by atoms with van der Waals surface area (Å²) in [5.74, 6) is 0. The highest BCUT2D eigenvalue weighted by atomic mass is 16.4. The SMILES string of the molecule is O=C(N(CC(O)C(O)C(O)C(O)CO)CC(O)C(O)C(O)C(O)CO)N(CC(O)C(O)C(O)C(O)CO)CC(O)C(O)C(O)C(O)CO. The van der Waals surface area contributed by atoms with E-state index in [1.807, 2.05) is 0 Å². The van der Waals surface area contributed by atoms with Gasteiger partial charge >= 0.3 is 6.03 Å². The van der Waals surface area contributed by atoms with E-state index in [0.29, 0.717) is 9.80 Å². The second-order valence-electron chi connectivity index (χ2n) is 11.3. The minimum atomic E-state index is -2.34. The number of carbonyl (C=O) groups excluding carboxylic acids is 1. The average molecular weight is 717 g/mol. The predicted molar refractivity (Wildman–Crippen MR) is 153 cm³/mol. The fourth-order valence-corrected chi connectivity index (χ4v) is 4.25. The summed E-state index contributed by atoms with van der Waals surface area (Å²) in [4.78, 5) is 14.4. The lowest BCUT2D eigenvalue weighted by Gasteiger charge is -2.39. The van der Waals surface area contributed by atoms with E-state index >= 15 is 0 Å². The van der Waals surface area contributed by atoms with Crippen molar-refractivity contribution in [2.24, 2.45) is 0 Å². The molecule has 0 aromatic rings. The van der Waals surface area contributed by atoms with Gasteiger partial charge in [-0.1, -0.05) is 0 Å². The number of rotatable bonds is 24. The third kappa shape index (κ3) is 13.6. The maximum absolute atomic E-state index is 13.8. The topological polar surface area (TPSA) is 428 Å². The first-order valence-corrected chi connectivity index (χ1v) is 14.6. The molecule has 23 nitrogen and oxygen atoms in total. The largest absolute Gasteiger partial charge is 0.394 e. The van der Waals surface area contributed by atoms with Gasteiger partial charge in [0.25, 0.3) is 0 Å². The van der Waals surface area contributed by atoms with Gasteiger partial charge in [-0.2, -0.15) is 0 Å². The van der Waals surface area contributed by atoms with Crippen molar-refractivity contribution in [1.82, 2.24) is 9.80 Å². The number of aliphatic hydroxyl groups excluding tert-OH is 20. The van der Waals surface area contributed by atoms with Crippen LogP contribution in [-0.4, -0.2) is 268 Å². The van der Waals surface area contributed by atoms with E-state index in [1.54, 1.807) is 0 Å². The standard InChI is InChI=1S/C25H52N2O21/c28-5-13(36)21(44)17(40)9(32)1-26(2-10(33)18(41)22(45)14(37)6-29)25(48)27(3-11(34)19(42)23(46)15(38)7-30)4-12(35)20(43)24(47)16(39)8-31/h9-24,28-47H,1-8H2. The molecule has 0 aromatic heterocycles. The second-order valence-corrected chi connectivity index (χ2v) is 11.3. The van der Waals surface area contributed by atoms with E-state index in [4.69, 9.17) is 20.4 Å². The highest BCUT2D eigenvalue weighted by Crippen LogP contribution is 2.16. The van der Waals surface area contributed by atoms with Crippen LogP contribution < -0.4 is 0 Å². The van der Waals surface area contributed by atoms with Gasteiger partial charge in [0, 0.05) is 0 Å². The highest BCUT2D eigenvalue weighted by Gasteiger charge is 2.40. The van der Waals surface area contributed by atoms with Crippen molar-refractivity contribution in [2.75, 3.05) is 52.6 Å². The zero-order valence-electron chi connectivity index (χ0n) is 25.6. The number of carbonyl (C=O) groups is 1. The average Bonchev–Trinajstić information content (AvgIpc) is 3.09. The van der Waals surface area contributed by atoms with Gasteiger partial charge in [-0.15, -0.1) is 0 Å². The van der Waals surface area contributed by atoms with E-state index in [9.17, 15) is 86.5 Å². The van der Waals surface area contributed by atoms with Crippen LogP contribution >= 0.6 is 0 Å². The van der Waals surface area contributed by atoms with Crippen molar-refractivity contribution in [3.63, 3.8) is 0 Å². The Hall–Kier alpha value is -1.53. The molecule has 16 unspecified atom stereocenters. The van der Waals surface area contributed by atoms with Crippen molar-refractivity contribution in [3.05, 3.63) is 0 Å². The third-order valence-electron chi connectivity index (χ3n) is 7.47. The Kier molecular flexibility index (Phi) is 21.6. The van der Waals surface area contributed by atoms with Crippen LogP contribution in [0.1, 0.15) is 0 Å². The first-order chi connectivity index (χ1) is 22.2. The van der Waals surface area contributed by atoms with Gasteiger partial charge in [-0.25, -0.2) is 4.79 Å². The lowest BCUT2D eigenvalue weighted by molar-refractivity contribution is -0.132. The first-order valence-electron chi connectivity index (χ1n) is 14.6. The van der Waals surface area contributed by atoms with Crippen LogP contribution in [0.3, 0.4) is 0 Å². The Labute approximate surface area is 273 Å². The lowest BCUT2D eigenvalue weighted by Crippen LogP contribution is -2.59. The molecule has 0 spiro atoms. The van der Waals surface area contributed by atoms with Gasteiger partial charge in [0.2, 0.25) is 0 Å². The Bertz CT molecular complexity index is 756. The molecule has 0 aliphatic heterocycles. The van der Waals surface area contributed by atoms with E-state index in [1.165, 1.54) is 0 Å². The molecule has 0 saturated carbocycles. The lowest BCUT2D eigenvalue weighted by atomic mass is 10.0. The van der Waals surface area contributed by atoms with Crippen LogP contribution in [0.15, 0.2) is 0 Å². The molecule has 0 bridgehead atoms. The molecule has 288 valence electrons. The van der Waals surface area contributed by atoms with Crippen LogP contribution in [0, 0.1) is 0 Å². The maximum atomic E-state index is 13.8. The monoisotopic (exact) mass is 716 g/mol. The normalized spacial score (nSPS) is 22.4. The Morgan fingerprint density at radius 1 is 0.312 bits per heavy atom. The van der Waals surface area contributed by atoms with Crippen molar-refractivity contribution in [2.45, 2.75) is 97.7 Å². The van der Waals surface area contributed by atoms with Crippen LogP contribution in [0.25, 0.3) is 0 Å². The van der Waals surface area contributed by atoms with Crippen LogP contribution in [0.4, 0.5) is 4.79 Å². The molecule has 16 atom stereocenters. The van der Waals surface area contributed by atoms with Gasteiger partial charge < -0.3 is 112 Å². The Morgan fingerprint density at radius 2 is 0.458 bits per heavy atom. The summed E-state index contributed by atoms with van der Waals surface area (Å²) in [5, 5.41) is 198. The summed E-state index contributed by atoms with van der Waals surface area (Å²) in [5.41, 5.74) is 0. The second kappa shape index (κ2) is 22.3. The summed E-state index contributed by atoms with van der Waals surface area (Å²) in [6.07, 6.45) is -35.6. The minimum absolute atomic E-state index is 0.314. The fourth-order valence-electron chi connectivity index (χ4n) is 4.25. The molecule has 23 heteroatoms. The third-order valence-corrected chi connectivity index (χ3v) is 7.47. The summed E-state index contributed by atoms with van der Waals surface area (Å²) in [6.45, 7) is -9.19. The number of nitrogens with zero attached hydrogens (tertiary/aromatic N) is 2. The smallest absolute Gasteiger partial charge is 0.320 e. The first kappa shape index (κ1) is 46.5. The summed E-state index contributed by atoms with van der Waals surface area (Å²) >= 11 is 0. The molecular weight excluding hydrogens is 664 g/mol. The molecule has 0 aromatic carbocycles. The number of urea groups is 1. The van der Waals surface area contributed by atoms with Gasteiger partial charge in [0.05, 0.1) is 52.6 Å². The highest BCUT2D eigenvalue weighted by molar-refractivity contribution is 5.74. The Morgan fingerprint density at radius 3 is 0.604 bits per heavy atom. The molecule has 0 saturated heterocycles. The molecule has 0 rings (SSSR count). The zero-order valence-corrected chi connectivity index (χ0v) is 25.6. The van der Waals surface area contributed by atoms with E-state index in [-0.39, 0.29) is 0 Å². The maximum Gasteiger partial charge on any atom is 0.320 e.